The molecule has 0 atom stereocenters. The summed E-state index contributed by atoms with van der Waals surface area (Å²) in [6.45, 7) is 0. The first-order chi connectivity index (χ1) is 20.8. The van der Waals surface area contributed by atoms with Crippen LogP contribution in [0.3, 0.4) is 0 Å². The largest absolute Gasteiger partial charge is 0.435 e. The second-order valence-electron chi connectivity index (χ2n) is 10.5. The zero-order chi connectivity index (χ0) is 27.9. The minimum atomic E-state index is 0.639. The quantitative estimate of drug-likeness (QED) is 0.204. The van der Waals surface area contributed by atoms with Crippen molar-refractivity contribution in [2.24, 2.45) is 0 Å². The van der Waals surface area contributed by atoms with Crippen molar-refractivity contribution in [2.75, 3.05) is 4.90 Å². The van der Waals surface area contributed by atoms with E-state index in [1.165, 1.54) is 11.1 Å². The third kappa shape index (κ3) is 4.20. The molecule has 1 heterocycles. The van der Waals surface area contributed by atoms with E-state index in [0.29, 0.717) is 5.89 Å². The average molecular weight is 539 g/mol. The third-order valence-electron chi connectivity index (χ3n) is 7.84. The van der Waals surface area contributed by atoms with Gasteiger partial charge in [-0.15, -0.1) is 0 Å². The van der Waals surface area contributed by atoms with Crippen LogP contribution in [0.4, 0.5) is 17.1 Å². The van der Waals surface area contributed by atoms with Crippen molar-refractivity contribution < 1.29 is 4.42 Å². The Labute approximate surface area is 243 Å². The van der Waals surface area contributed by atoms with Crippen LogP contribution >= 0.6 is 0 Å². The topological polar surface area (TPSA) is 29.3 Å². The first kappa shape index (κ1) is 24.2. The molecule has 3 heteroatoms. The van der Waals surface area contributed by atoms with Gasteiger partial charge in [0.2, 0.25) is 5.89 Å². The number of hydrogen-bond acceptors (Lipinski definition) is 3. The predicted octanol–water partition coefficient (Wildman–Crippen LogP) is 10.9. The average Bonchev–Trinajstić information content (AvgIpc) is 3.51. The maximum atomic E-state index is 6.43. The van der Waals surface area contributed by atoms with Gasteiger partial charge in [0.15, 0.2) is 5.58 Å². The summed E-state index contributed by atoms with van der Waals surface area (Å²) in [5.74, 6) is 0.639. The van der Waals surface area contributed by atoms with Crippen LogP contribution in [0, 0.1) is 0 Å². The molecule has 8 rings (SSSR count). The first-order valence-electron chi connectivity index (χ1n) is 14.1. The molecule has 0 N–H and O–H groups in total. The lowest BCUT2D eigenvalue weighted by Crippen LogP contribution is -2.09. The molecule has 0 saturated heterocycles. The molecule has 3 nitrogen and oxygen atoms in total. The summed E-state index contributed by atoms with van der Waals surface area (Å²) in [7, 11) is 0. The lowest BCUT2D eigenvalue weighted by molar-refractivity contribution is 0.623. The van der Waals surface area contributed by atoms with E-state index in [0.717, 1.165) is 55.3 Å². The van der Waals surface area contributed by atoms with E-state index in [-0.39, 0.29) is 0 Å². The highest BCUT2D eigenvalue weighted by Gasteiger charge is 2.17. The molecule has 0 aliphatic rings. The van der Waals surface area contributed by atoms with Gasteiger partial charge in [-0.25, -0.2) is 4.98 Å². The maximum absolute atomic E-state index is 6.43. The monoisotopic (exact) mass is 538 g/mol. The van der Waals surface area contributed by atoms with Gasteiger partial charge in [0.25, 0.3) is 0 Å². The van der Waals surface area contributed by atoms with Gasteiger partial charge >= 0.3 is 0 Å². The molecule has 0 amide bonds. The highest BCUT2D eigenvalue weighted by Crippen LogP contribution is 2.40. The number of oxazole rings is 1. The summed E-state index contributed by atoms with van der Waals surface area (Å²) in [6.07, 6.45) is 0. The first-order valence-corrected chi connectivity index (χ1v) is 14.1. The van der Waals surface area contributed by atoms with Crippen LogP contribution < -0.4 is 4.90 Å². The lowest BCUT2D eigenvalue weighted by atomic mass is 10.00. The van der Waals surface area contributed by atoms with E-state index in [1.807, 2.05) is 36.4 Å². The Morgan fingerprint density at radius 3 is 1.86 bits per heavy atom. The highest BCUT2D eigenvalue weighted by atomic mass is 16.3. The van der Waals surface area contributed by atoms with E-state index in [9.17, 15) is 0 Å². The summed E-state index contributed by atoms with van der Waals surface area (Å²) < 4.78 is 6.43. The molecule has 1 aromatic heterocycles. The molecular weight excluding hydrogens is 512 g/mol. The van der Waals surface area contributed by atoms with Crippen molar-refractivity contribution in [3.63, 3.8) is 0 Å². The van der Waals surface area contributed by atoms with Gasteiger partial charge < -0.3 is 9.32 Å². The van der Waals surface area contributed by atoms with Gasteiger partial charge in [-0.3, -0.25) is 0 Å². The van der Waals surface area contributed by atoms with E-state index >= 15 is 0 Å². The molecule has 7 aromatic carbocycles. The molecule has 0 saturated carbocycles. The molecule has 8 aromatic rings. The minimum absolute atomic E-state index is 0.639. The van der Waals surface area contributed by atoms with E-state index in [4.69, 9.17) is 9.40 Å². The molecule has 198 valence electrons. The van der Waals surface area contributed by atoms with Crippen LogP contribution in [0.15, 0.2) is 162 Å². The van der Waals surface area contributed by atoms with Crippen molar-refractivity contribution in [1.82, 2.24) is 4.98 Å². The number of nitrogens with zero attached hydrogens (tertiary/aromatic N) is 2. The van der Waals surface area contributed by atoms with Gasteiger partial charge in [-0.05, 0) is 81.9 Å². The van der Waals surface area contributed by atoms with Gasteiger partial charge in [0, 0.05) is 28.0 Å². The molecule has 42 heavy (non-hydrogen) atoms. The lowest BCUT2D eigenvalue weighted by Gasteiger charge is -2.26. The fraction of sp³-hybridized carbons (Fsp3) is 0. The van der Waals surface area contributed by atoms with Crippen molar-refractivity contribution in [1.29, 1.82) is 0 Å². The Kier molecular flexibility index (Phi) is 5.79. The van der Waals surface area contributed by atoms with Gasteiger partial charge in [0.05, 0.1) is 0 Å². The molecule has 0 fully saturated rings. The Morgan fingerprint density at radius 1 is 0.452 bits per heavy atom. The van der Waals surface area contributed by atoms with E-state index in [1.54, 1.807) is 0 Å². The van der Waals surface area contributed by atoms with Crippen LogP contribution in [0.5, 0.6) is 0 Å². The van der Waals surface area contributed by atoms with Crippen LogP contribution in [0.2, 0.25) is 0 Å². The maximum Gasteiger partial charge on any atom is 0.227 e. The van der Waals surface area contributed by atoms with Crippen molar-refractivity contribution in [2.45, 2.75) is 0 Å². The van der Waals surface area contributed by atoms with Gasteiger partial charge in [-0.1, -0.05) is 103 Å². The predicted molar refractivity (Wildman–Crippen MR) is 175 cm³/mol. The Hall–Kier alpha value is -5.67. The second-order valence-corrected chi connectivity index (χ2v) is 10.5. The standard InChI is InChI=1S/C39H26N2O/c1-4-11-27(12-5-1)30-15-10-18-33(25-30)41(32-16-8-3-9-17-32)34-22-23-35-31(26-34)20-19-28-21-24-36-38(37(28)35)42-39(40-36)29-13-6-2-7-14-29/h1-26H. The smallest absolute Gasteiger partial charge is 0.227 e. The van der Waals surface area contributed by atoms with Crippen LogP contribution in [-0.4, -0.2) is 4.98 Å². The minimum Gasteiger partial charge on any atom is -0.435 e. The third-order valence-corrected chi connectivity index (χ3v) is 7.84. The number of aromatic nitrogens is 1. The molecule has 0 spiro atoms. The van der Waals surface area contributed by atoms with Crippen molar-refractivity contribution in [3.05, 3.63) is 158 Å². The zero-order valence-corrected chi connectivity index (χ0v) is 22.8. The number of hydrogen-bond donors (Lipinski definition) is 0. The fourth-order valence-corrected chi connectivity index (χ4v) is 5.84. The van der Waals surface area contributed by atoms with Crippen LogP contribution in [0.1, 0.15) is 0 Å². The number of rotatable bonds is 5. The zero-order valence-electron chi connectivity index (χ0n) is 22.8. The molecule has 0 bridgehead atoms. The van der Waals surface area contributed by atoms with Crippen molar-refractivity contribution >= 4 is 49.7 Å². The molecule has 0 unspecified atom stereocenters. The van der Waals surface area contributed by atoms with Crippen LogP contribution in [0.25, 0.3) is 55.2 Å². The summed E-state index contributed by atoms with van der Waals surface area (Å²) in [6, 6.07) is 55.1. The van der Waals surface area contributed by atoms with E-state index < -0.39 is 0 Å². The summed E-state index contributed by atoms with van der Waals surface area (Å²) in [5, 5.41) is 4.51. The Bertz CT molecular complexity index is 2190. The fourth-order valence-electron chi connectivity index (χ4n) is 5.84. The number of anilines is 3. The Morgan fingerprint density at radius 2 is 1.07 bits per heavy atom. The summed E-state index contributed by atoms with van der Waals surface area (Å²) in [4.78, 5) is 7.14. The molecule has 0 radical (unpaired) electrons. The Balaban J connectivity index is 1.30. The number of fused-ring (bicyclic) bond motifs is 5. The summed E-state index contributed by atoms with van der Waals surface area (Å²) in [5.41, 5.74) is 8.34. The molecule has 0 aliphatic carbocycles. The van der Waals surface area contributed by atoms with Crippen LogP contribution in [-0.2, 0) is 0 Å². The second kappa shape index (κ2) is 10.1. The molecular formula is C39H26N2O. The van der Waals surface area contributed by atoms with E-state index in [2.05, 4.69) is 126 Å². The van der Waals surface area contributed by atoms with Crippen molar-refractivity contribution in [3.8, 4) is 22.6 Å². The number of para-hydroxylation sites is 1. The SMILES string of the molecule is c1ccc(-c2cccc(N(c3ccccc3)c3ccc4c(ccc5ccc6nc(-c7ccccc7)oc6c54)c3)c2)cc1. The normalized spacial score (nSPS) is 11.3. The van der Waals surface area contributed by atoms with Gasteiger partial charge in [0.1, 0.15) is 5.52 Å². The number of benzene rings is 7. The summed E-state index contributed by atoms with van der Waals surface area (Å²) >= 11 is 0. The molecule has 0 aliphatic heterocycles. The van der Waals surface area contributed by atoms with Gasteiger partial charge in [-0.2, -0.15) is 0 Å². The highest BCUT2D eigenvalue weighted by molar-refractivity contribution is 6.18.